The van der Waals surface area contributed by atoms with Gasteiger partial charge in [-0.25, -0.2) is 9.59 Å². The fraction of sp³-hybridized carbons (Fsp3) is 0.391. The van der Waals surface area contributed by atoms with Crippen LogP contribution in [0.2, 0.25) is 0 Å². The molecule has 1 aliphatic rings. The number of piperazine rings is 1. The van der Waals surface area contributed by atoms with Crippen LogP contribution in [-0.4, -0.2) is 77.8 Å². The van der Waals surface area contributed by atoms with Gasteiger partial charge in [0.15, 0.2) is 0 Å². The molecular weight excluding hydrogens is 384 g/mol. The Kier molecular flexibility index (Phi) is 7.82. The summed E-state index contributed by atoms with van der Waals surface area (Å²) in [6.45, 7) is 6.71. The number of ether oxygens (including phenoxy) is 1. The Hall–Kier alpha value is -2.90. The van der Waals surface area contributed by atoms with Gasteiger partial charge in [0.05, 0.1) is 17.7 Å². The quantitative estimate of drug-likeness (QED) is 0.580. The first-order chi connectivity index (χ1) is 14.5. The van der Waals surface area contributed by atoms with Crippen molar-refractivity contribution in [1.29, 1.82) is 0 Å². The van der Waals surface area contributed by atoms with Crippen LogP contribution in [0, 0.1) is 0 Å². The number of hydrogen-bond acceptors (Lipinski definition) is 5. The van der Waals surface area contributed by atoms with Crippen LogP contribution in [0.1, 0.15) is 32.7 Å². The topological polar surface area (TPSA) is 90.3 Å². The highest BCUT2D eigenvalue weighted by molar-refractivity contribution is 5.88. The van der Waals surface area contributed by atoms with E-state index >= 15 is 0 Å². The first-order valence-corrected chi connectivity index (χ1v) is 10.2. The number of rotatable bonds is 10. The van der Waals surface area contributed by atoms with Gasteiger partial charge in [-0.15, -0.1) is 0 Å². The van der Waals surface area contributed by atoms with Gasteiger partial charge in [-0.05, 0) is 54.8 Å². The highest BCUT2D eigenvalue weighted by atomic mass is 16.5. The zero-order chi connectivity index (χ0) is 21.3. The van der Waals surface area contributed by atoms with E-state index in [9.17, 15) is 9.59 Å². The lowest BCUT2D eigenvalue weighted by molar-refractivity contribution is 0.0686. The van der Waals surface area contributed by atoms with E-state index in [1.165, 1.54) is 0 Å². The van der Waals surface area contributed by atoms with Gasteiger partial charge in [0, 0.05) is 39.3 Å². The molecule has 0 unspecified atom stereocenters. The Labute approximate surface area is 176 Å². The Morgan fingerprint density at radius 2 is 1.27 bits per heavy atom. The number of carboxylic acid groups (broad SMARTS) is 2. The lowest BCUT2D eigenvalue weighted by atomic mass is 10.1. The maximum absolute atomic E-state index is 10.9. The van der Waals surface area contributed by atoms with Crippen LogP contribution in [0.25, 0.3) is 0 Å². The molecule has 7 heteroatoms. The summed E-state index contributed by atoms with van der Waals surface area (Å²) in [5.74, 6) is -1.13. The number of carbonyl (C=O) groups is 2. The van der Waals surface area contributed by atoms with E-state index in [4.69, 9.17) is 14.9 Å². The van der Waals surface area contributed by atoms with Gasteiger partial charge < -0.3 is 24.7 Å². The molecule has 0 aliphatic carbocycles. The van der Waals surface area contributed by atoms with E-state index in [0.717, 1.165) is 57.7 Å². The van der Waals surface area contributed by atoms with Crippen LogP contribution in [-0.2, 0) is 6.42 Å². The average molecular weight is 412 g/mol. The van der Waals surface area contributed by atoms with E-state index in [-0.39, 0.29) is 5.56 Å². The highest BCUT2D eigenvalue weighted by Gasteiger charge is 2.16. The van der Waals surface area contributed by atoms with Gasteiger partial charge in [-0.3, -0.25) is 0 Å². The molecule has 0 radical (unpaired) electrons. The summed E-state index contributed by atoms with van der Waals surface area (Å²) in [7, 11) is 0. The van der Waals surface area contributed by atoms with E-state index in [0.29, 0.717) is 17.9 Å². The fourth-order valence-electron chi connectivity index (χ4n) is 3.51. The smallest absolute Gasteiger partial charge is 0.335 e. The third kappa shape index (κ3) is 6.57. The molecule has 1 heterocycles. The molecule has 30 heavy (non-hydrogen) atoms. The highest BCUT2D eigenvalue weighted by Crippen LogP contribution is 2.13. The van der Waals surface area contributed by atoms with Crippen LogP contribution in [0.5, 0.6) is 5.75 Å². The predicted octanol–water partition coefficient (Wildman–Crippen LogP) is 2.71. The van der Waals surface area contributed by atoms with Gasteiger partial charge in [0.1, 0.15) is 5.75 Å². The molecular formula is C23H28N2O5. The van der Waals surface area contributed by atoms with Crippen LogP contribution < -0.4 is 4.74 Å². The third-order valence-corrected chi connectivity index (χ3v) is 5.37. The van der Waals surface area contributed by atoms with Crippen molar-refractivity contribution in [3.63, 3.8) is 0 Å². The summed E-state index contributed by atoms with van der Waals surface area (Å²) in [5, 5.41) is 17.9. The summed E-state index contributed by atoms with van der Waals surface area (Å²) < 4.78 is 5.70. The molecule has 0 saturated carbocycles. The van der Waals surface area contributed by atoms with Gasteiger partial charge in [-0.1, -0.05) is 12.1 Å². The molecule has 0 spiro atoms. The first kappa shape index (κ1) is 21.8. The average Bonchev–Trinajstić information content (AvgIpc) is 2.76. The minimum absolute atomic E-state index is 0.262. The van der Waals surface area contributed by atoms with Crippen LogP contribution in [0.4, 0.5) is 0 Å². The first-order valence-electron chi connectivity index (χ1n) is 10.2. The van der Waals surface area contributed by atoms with Gasteiger partial charge >= 0.3 is 11.9 Å². The number of benzene rings is 2. The van der Waals surface area contributed by atoms with Crippen molar-refractivity contribution < 1.29 is 24.5 Å². The molecule has 2 aromatic rings. The number of nitrogens with zero attached hydrogens (tertiary/aromatic N) is 2. The zero-order valence-electron chi connectivity index (χ0n) is 17.0. The minimum Gasteiger partial charge on any atom is -0.494 e. The second-order valence-electron chi connectivity index (χ2n) is 7.47. The maximum atomic E-state index is 10.9. The number of aromatic carboxylic acids is 2. The Bertz CT molecular complexity index is 828. The molecule has 0 amide bonds. The predicted molar refractivity (Wildman–Crippen MR) is 113 cm³/mol. The van der Waals surface area contributed by atoms with Crippen molar-refractivity contribution in [1.82, 2.24) is 9.80 Å². The zero-order valence-corrected chi connectivity index (χ0v) is 17.0. The molecule has 2 N–H and O–H groups in total. The Morgan fingerprint density at radius 3 is 1.80 bits per heavy atom. The summed E-state index contributed by atoms with van der Waals surface area (Å²) in [4.78, 5) is 26.6. The Balaban J connectivity index is 1.29. The molecule has 1 fully saturated rings. The Morgan fingerprint density at radius 1 is 0.767 bits per heavy atom. The SMILES string of the molecule is O=C(O)c1ccc(CCN2CCN(CCCOc3ccc(C(=O)O)cc3)CC2)cc1. The standard InChI is InChI=1S/C23H28N2O5/c26-22(27)19-4-2-18(3-5-19)10-12-25-15-13-24(14-16-25)11-1-17-30-21-8-6-20(7-9-21)23(28)29/h2-9H,1,10-17H2,(H,26,27)(H,28,29). The second-order valence-corrected chi connectivity index (χ2v) is 7.47. The van der Waals surface area contributed by atoms with Crippen molar-refractivity contribution in [3.05, 3.63) is 65.2 Å². The van der Waals surface area contributed by atoms with Gasteiger partial charge in [-0.2, -0.15) is 0 Å². The van der Waals surface area contributed by atoms with E-state index in [1.807, 2.05) is 12.1 Å². The molecule has 3 rings (SSSR count). The molecule has 7 nitrogen and oxygen atoms in total. The number of carboxylic acids is 2. The van der Waals surface area contributed by atoms with E-state index in [2.05, 4.69) is 9.80 Å². The molecule has 0 aromatic heterocycles. The summed E-state index contributed by atoms with van der Waals surface area (Å²) >= 11 is 0. The van der Waals surface area contributed by atoms with Crippen molar-refractivity contribution in [2.45, 2.75) is 12.8 Å². The second kappa shape index (κ2) is 10.8. The molecule has 0 bridgehead atoms. The maximum Gasteiger partial charge on any atom is 0.335 e. The van der Waals surface area contributed by atoms with Gasteiger partial charge in [0.2, 0.25) is 0 Å². The van der Waals surface area contributed by atoms with Gasteiger partial charge in [0.25, 0.3) is 0 Å². The van der Waals surface area contributed by atoms with Crippen molar-refractivity contribution in [2.24, 2.45) is 0 Å². The molecule has 160 valence electrons. The normalized spacial score (nSPS) is 15.1. The number of hydrogen-bond donors (Lipinski definition) is 2. The van der Waals surface area contributed by atoms with Crippen molar-refractivity contribution in [2.75, 3.05) is 45.9 Å². The molecule has 1 aliphatic heterocycles. The lowest BCUT2D eigenvalue weighted by Gasteiger charge is -2.34. The summed E-state index contributed by atoms with van der Waals surface area (Å²) in [6.07, 6.45) is 1.85. The fourth-order valence-corrected chi connectivity index (χ4v) is 3.51. The summed E-state index contributed by atoms with van der Waals surface area (Å²) in [6, 6.07) is 13.6. The minimum atomic E-state index is -0.934. The lowest BCUT2D eigenvalue weighted by Crippen LogP contribution is -2.47. The van der Waals surface area contributed by atoms with E-state index < -0.39 is 11.9 Å². The van der Waals surface area contributed by atoms with Crippen molar-refractivity contribution >= 4 is 11.9 Å². The van der Waals surface area contributed by atoms with Crippen molar-refractivity contribution in [3.8, 4) is 5.75 Å². The molecule has 0 atom stereocenters. The van der Waals surface area contributed by atoms with Crippen LogP contribution >= 0.6 is 0 Å². The molecule has 1 saturated heterocycles. The summed E-state index contributed by atoms with van der Waals surface area (Å²) in [5.41, 5.74) is 1.75. The third-order valence-electron chi connectivity index (χ3n) is 5.37. The van der Waals surface area contributed by atoms with Crippen LogP contribution in [0.15, 0.2) is 48.5 Å². The molecule has 2 aromatic carbocycles. The largest absolute Gasteiger partial charge is 0.494 e. The van der Waals surface area contributed by atoms with Crippen LogP contribution in [0.3, 0.4) is 0 Å². The monoisotopic (exact) mass is 412 g/mol. The van der Waals surface area contributed by atoms with E-state index in [1.54, 1.807) is 36.4 Å².